The van der Waals surface area contributed by atoms with Gasteiger partial charge in [-0.1, -0.05) is 36.7 Å². The quantitative estimate of drug-likeness (QED) is 0.767. The summed E-state index contributed by atoms with van der Waals surface area (Å²) < 4.78 is 1.05. The van der Waals surface area contributed by atoms with Crippen LogP contribution in [0.15, 0.2) is 33.6 Å². The van der Waals surface area contributed by atoms with Crippen molar-refractivity contribution >= 4 is 33.7 Å². The molecule has 116 valence electrons. The van der Waals surface area contributed by atoms with Crippen molar-refractivity contribution in [3.8, 4) is 0 Å². The van der Waals surface area contributed by atoms with E-state index < -0.39 is 5.97 Å². The highest BCUT2D eigenvalue weighted by atomic mass is 79.9. The van der Waals surface area contributed by atoms with E-state index in [0.717, 1.165) is 28.6 Å². The summed E-state index contributed by atoms with van der Waals surface area (Å²) in [6.07, 6.45) is 2.81. The van der Waals surface area contributed by atoms with Gasteiger partial charge in [-0.25, -0.2) is 0 Å². The van der Waals surface area contributed by atoms with Gasteiger partial charge in [0, 0.05) is 14.6 Å². The lowest BCUT2D eigenvalue weighted by Crippen LogP contribution is -2.37. The molecule has 2 nitrogen and oxygen atoms in total. The van der Waals surface area contributed by atoms with Crippen LogP contribution in [0.1, 0.15) is 40.0 Å². The third-order valence-corrected chi connectivity index (χ3v) is 6.33. The molecule has 4 heteroatoms. The van der Waals surface area contributed by atoms with Gasteiger partial charge in [0.25, 0.3) is 0 Å². The molecule has 2 rings (SSSR count). The van der Waals surface area contributed by atoms with Crippen LogP contribution in [-0.2, 0) is 4.79 Å². The van der Waals surface area contributed by atoms with Gasteiger partial charge in [0.1, 0.15) is 0 Å². The van der Waals surface area contributed by atoms with Crippen molar-refractivity contribution in [2.75, 3.05) is 0 Å². The summed E-state index contributed by atoms with van der Waals surface area (Å²) in [5, 5.41) is 9.67. The highest BCUT2D eigenvalue weighted by Gasteiger charge is 2.39. The minimum Gasteiger partial charge on any atom is -0.481 e. The maximum Gasteiger partial charge on any atom is 0.307 e. The van der Waals surface area contributed by atoms with E-state index in [9.17, 15) is 9.90 Å². The molecule has 1 aliphatic carbocycles. The van der Waals surface area contributed by atoms with Crippen molar-refractivity contribution in [1.82, 2.24) is 0 Å². The third-order valence-electron chi connectivity index (χ3n) is 4.43. The van der Waals surface area contributed by atoms with Crippen LogP contribution in [0.2, 0.25) is 0 Å². The van der Waals surface area contributed by atoms with Gasteiger partial charge in [-0.3, -0.25) is 4.79 Å². The topological polar surface area (TPSA) is 37.3 Å². The normalized spacial score (nSPS) is 26.6. The molecule has 1 aromatic carbocycles. The van der Waals surface area contributed by atoms with Crippen LogP contribution < -0.4 is 0 Å². The second-order valence-electron chi connectivity index (χ2n) is 6.93. The Morgan fingerprint density at radius 2 is 1.86 bits per heavy atom. The zero-order valence-corrected chi connectivity index (χ0v) is 15.2. The Labute approximate surface area is 139 Å². The average Bonchev–Trinajstić information content (AvgIpc) is 2.40. The fraction of sp³-hybridized carbons (Fsp3) is 0.588. The van der Waals surface area contributed by atoms with E-state index in [2.05, 4.69) is 48.8 Å². The third kappa shape index (κ3) is 4.49. The van der Waals surface area contributed by atoms with Crippen molar-refractivity contribution in [2.24, 2.45) is 17.3 Å². The smallest absolute Gasteiger partial charge is 0.307 e. The first-order valence-corrected chi connectivity index (χ1v) is 9.09. The summed E-state index contributed by atoms with van der Waals surface area (Å²) in [4.78, 5) is 12.7. The van der Waals surface area contributed by atoms with Crippen molar-refractivity contribution in [1.29, 1.82) is 0 Å². The van der Waals surface area contributed by atoms with Gasteiger partial charge in [0.15, 0.2) is 0 Å². The van der Waals surface area contributed by atoms with Crippen LogP contribution >= 0.6 is 27.7 Å². The van der Waals surface area contributed by atoms with Crippen molar-refractivity contribution in [2.45, 2.75) is 50.2 Å². The van der Waals surface area contributed by atoms with Crippen LogP contribution in [0, 0.1) is 17.3 Å². The molecule has 0 aromatic heterocycles. The Bertz CT molecular complexity index is 493. The lowest BCUT2D eigenvalue weighted by Gasteiger charge is -2.40. The summed E-state index contributed by atoms with van der Waals surface area (Å²) >= 11 is 5.17. The number of carbonyl (C=O) groups is 1. The van der Waals surface area contributed by atoms with Crippen LogP contribution in [0.5, 0.6) is 0 Å². The molecule has 21 heavy (non-hydrogen) atoms. The van der Waals surface area contributed by atoms with E-state index in [1.54, 1.807) is 11.8 Å². The minimum absolute atomic E-state index is 0.168. The number of benzene rings is 1. The standard InChI is InChI=1S/C17H23BrO2S/c1-17(2,3)11-4-9-14(16(19)20)15(10-11)21-13-7-5-12(18)6-8-13/h5-8,11,14-15H,4,9-10H2,1-3H3,(H,19,20). The number of hydrogen-bond donors (Lipinski definition) is 1. The Morgan fingerprint density at radius 3 is 2.38 bits per heavy atom. The van der Waals surface area contributed by atoms with E-state index in [1.165, 1.54) is 0 Å². The van der Waals surface area contributed by atoms with Crippen molar-refractivity contribution in [3.63, 3.8) is 0 Å². The number of aliphatic carboxylic acids is 1. The Balaban J connectivity index is 2.14. The van der Waals surface area contributed by atoms with Gasteiger partial charge >= 0.3 is 5.97 Å². The van der Waals surface area contributed by atoms with E-state index in [1.807, 2.05) is 12.1 Å². The SMILES string of the molecule is CC(C)(C)C1CCC(C(=O)O)C(Sc2ccc(Br)cc2)C1. The Kier molecular flexibility index (Phi) is 5.42. The van der Waals surface area contributed by atoms with Gasteiger partial charge < -0.3 is 5.11 Å². The maximum atomic E-state index is 11.5. The first kappa shape index (κ1) is 16.9. The summed E-state index contributed by atoms with van der Waals surface area (Å²) in [7, 11) is 0. The summed E-state index contributed by atoms with van der Waals surface area (Å²) in [6.45, 7) is 6.79. The van der Waals surface area contributed by atoms with Crippen LogP contribution in [0.25, 0.3) is 0 Å². The summed E-state index contributed by atoms with van der Waals surface area (Å²) in [5.74, 6) is -0.268. The largest absolute Gasteiger partial charge is 0.481 e. The van der Waals surface area contributed by atoms with E-state index >= 15 is 0 Å². The molecule has 1 N–H and O–H groups in total. The molecular formula is C17H23BrO2S. The van der Waals surface area contributed by atoms with E-state index in [-0.39, 0.29) is 16.6 Å². The molecule has 0 bridgehead atoms. The van der Waals surface area contributed by atoms with Gasteiger partial charge in [0.05, 0.1) is 5.92 Å². The monoisotopic (exact) mass is 370 g/mol. The number of carboxylic acids is 1. The highest BCUT2D eigenvalue weighted by Crippen LogP contribution is 2.45. The number of thioether (sulfide) groups is 1. The minimum atomic E-state index is -0.642. The lowest BCUT2D eigenvalue weighted by atomic mass is 9.69. The predicted octanol–water partition coefficient (Wildman–Crippen LogP) is 5.46. The number of hydrogen-bond acceptors (Lipinski definition) is 2. The number of carboxylic acid groups (broad SMARTS) is 1. The molecule has 0 saturated heterocycles. The van der Waals surface area contributed by atoms with Gasteiger partial charge in [-0.05, 0) is 54.9 Å². The number of rotatable bonds is 3. The zero-order chi connectivity index (χ0) is 15.6. The zero-order valence-electron chi connectivity index (χ0n) is 12.8. The van der Waals surface area contributed by atoms with Gasteiger partial charge in [-0.15, -0.1) is 11.8 Å². The van der Waals surface area contributed by atoms with E-state index in [0.29, 0.717) is 5.92 Å². The average molecular weight is 371 g/mol. The molecule has 0 heterocycles. The van der Waals surface area contributed by atoms with Crippen LogP contribution in [0.4, 0.5) is 0 Å². The van der Waals surface area contributed by atoms with Gasteiger partial charge in [0.2, 0.25) is 0 Å². The van der Waals surface area contributed by atoms with Gasteiger partial charge in [-0.2, -0.15) is 0 Å². The molecule has 1 saturated carbocycles. The maximum absolute atomic E-state index is 11.5. The molecule has 1 fully saturated rings. The lowest BCUT2D eigenvalue weighted by molar-refractivity contribution is -0.143. The van der Waals surface area contributed by atoms with Crippen LogP contribution in [0.3, 0.4) is 0 Å². The summed E-state index contributed by atoms with van der Waals surface area (Å²) in [6, 6.07) is 8.16. The van der Waals surface area contributed by atoms with E-state index in [4.69, 9.17) is 0 Å². The molecule has 0 amide bonds. The molecule has 0 spiro atoms. The Morgan fingerprint density at radius 1 is 1.24 bits per heavy atom. The fourth-order valence-electron chi connectivity index (χ4n) is 3.02. The molecular weight excluding hydrogens is 348 g/mol. The van der Waals surface area contributed by atoms with Crippen molar-refractivity contribution in [3.05, 3.63) is 28.7 Å². The first-order chi connectivity index (χ1) is 9.77. The van der Waals surface area contributed by atoms with Crippen molar-refractivity contribution < 1.29 is 9.90 Å². The predicted molar refractivity (Wildman–Crippen MR) is 91.7 cm³/mol. The molecule has 0 aliphatic heterocycles. The highest BCUT2D eigenvalue weighted by molar-refractivity contribution is 9.10. The Hall–Kier alpha value is -0.480. The second-order valence-corrected chi connectivity index (χ2v) is 9.16. The molecule has 1 aromatic rings. The summed E-state index contributed by atoms with van der Waals surface area (Å²) in [5.41, 5.74) is 0.252. The molecule has 0 radical (unpaired) electrons. The molecule has 3 unspecified atom stereocenters. The number of halogens is 1. The molecule has 3 atom stereocenters. The fourth-order valence-corrected chi connectivity index (χ4v) is 4.67. The molecule has 1 aliphatic rings. The first-order valence-electron chi connectivity index (χ1n) is 7.42. The van der Waals surface area contributed by atoms with Crippen LogP contribution in [-0.4, -0.2) is 16.3 Å². The second kappa shape index (κ2) is 6.74.